The lowest BCUT2D eigenvalue weighted by molar-refractivity contribution is -0.0809. The van der Waals surface area contributed by atoms with Crippen LogP contribution in [-0.4, -0.2) is 48.1 Å². The van der Waals surface area contributed by atoms with Crippen LogP contribution in [-0.2, 0) is 13.6 Å². The van der Waals surface area contributed by atoms with Crippen LogP contribution in [0.15, 0.2) is 21.9 Å². The minimum Gasteiger partial charge on any atom is -0.391 e. The van der Waals surface area contributed by atoms with Crippen molar-refractivity contribution in [1.82, 2.24) is 9.55 Å². The molecule has 0 bridgehead atoms. The quantitative estimate of drug-likeness (QED) is 0.707. The van der Waals surface area contributed by atoms with Crippen molar-refractivity contribution in [2.75, 3.05) is 6.61 Å². The lowest BCUT2D eigenvalue weighted by Gasteiger charge is -2.53. The predicted molar refractivity (Wildman–Crippen MR) is 97.2 cm³/mol. The molecule has 3 heterocycles. The second kappa shape index (κ2) is 6.13. The Morgan fingerprint density at radius 1 is 1.19 bits per heavy atom. The van der Waals surface area contributed by atoms with E-state index in [1.165, 1.54) is 16.8 Å². The summed E-state index contributed by atoms with van der Waals surface area (Å²) >= 11 is 0. The van der Waals surface area contributed by atoms with E-state index in [9.17, 15) is 14.7 Å². The largest absolute Gasteiger partial charge is 0.391 e. The maximum Gasteiger partial charge on any atom is 0.349 e. The standard InChI is InChI=1S/C17H28N2O6Si/c1-16(2,3)26(17(4,5)6)23-9-10-13(25-26)12(21)14(24-10)19-8-7-11(20)18-15(19)22/h7-8,10,12-14,21H,9H2,1-6H3,(H,18,20,22). The highest BCUT2D eigenvalue weighted by molar-refractivity contribution is 6.73. The van der Waals surface area contributed by atoms with Crippen molar-refractivity contribution in [2.45, 2.75) is 76.2 Å². The van der Waals surface area contributed by atoms with E-state index in [4.69, 9.17) is 13.6 Å². The molecule has 1 aromatic heterocycles. The number of aromatic amines is 1. The normalized spacial score (nSPS) is 31.7. The fourth-order valence-corrected chi connectivity index (χ4v) is 9.16. The molecule has 0 saturated carbocycles. The van der Waals surface area contributed by atoms with Crippen molar-refractivity contribution >= 4 is 8.56 Å². The van der Waals surface area contributed by atoms with Gasteiger partial charge in [-0.1, -0.05) is 41.5 Å². The van der Waals surface area contributed by atoms with Crippen LogP contribution >= 0.6 is 0 Å². The van der Waals surface area contributed by atoms with Gasteiger partial charge in [-0.05, 0) is 0 Å². The first-order valence-electron chi connectivity index (χ1n) is 8.84. The predicted octanol–water partition coefficient (Wildman–Crippen LogP) is 1.25. The molecule has 0 aliphatic carbocycles. The van der Waals surface area contributed by atoms with Gasteiger partial charge in [-0.2, -0.15) is 0 Å². The van der Waals surface area contributed by atoms with Gasteiger partial charge >= 0.3 is 14.3 Å². The first-order valence-corrected chi connectivity index (χ1v) is 10.7. The molecule has 2 saturated heterocycles. The van der Waals surface area contributed by atoms with Crippen LogP contribution in [0.3, 0.4) is 0 Å². The van der Waals surface area contributed by atoms with Gasteiger partial charge in [-0.25, -0.2) is 4.79 Å². The maximum atomic E-state index is 12.1. The zero-order valence-electron chi connectivity index (χ0n) is 16.1. The Hall–Kier alpha value is -1.26. The van der Waals surface area contributed by atoms with E-state index in [0.717, 1.165) is 0 Å². The first-order chi connectivity index (χ1) is 11.9. The molecule has 2 aliphatic heterocycles. The van der Waals surface area contributed by atoms with Crippen LogP contribution < -0.4 is 11.2 Å². The topological polar surface area (TPSA) is 103 Å². The Bertz CT molecular complexity index is 776. The van der Waals surface area contributed by atoms with Crippen molar-refractivity contribution in [3.63, 3.8) is 0 Å². The summed E-state index contributed by atoms with van der Waals surface area (Å²) in [6.45, 7) is 12.9. The van der Waals surface area contributed by atoms with Crippen molar-refractivity contribution in [2.24, 2.45) is 0 Å². The summed E-state index contributed by atoms with van der Waals surface area (Å²) in [5, 5.41) is 10.4. The average molecular weight is 385 g/mol. The third kappa shape index (κ3) is 2.91. The molecule has 4 unspecified atom stereocenters. The lowest BCUT2D eigenvalue weighted by Crippen LogP contribution is -2.65. The molecule has 146 valence electrons. The zero-order valence-corrected chi connectivity index (χ0v) is 17.1. The number of aliphatic hydroxyl groups is 1. The molecule has 4 atom stereocenters. The van der Waals surface area contributed by atoms with Gasteiger partial charge in [0.2, 0.25) is 0 Å². The number of aromatic nitrogens is 2. The van der Waals surface area contributed by atoms with Crippen LogP contribution in [0.5, 0.6) is 0 Å². The van der Waals surface area contributed by atoms with Gasteiger partial charge in [0.05, 0.1) is 6.61 Å². The molecule has 9 heteroatoms. The van der Waals surface area contributed by atoms with Crippen LogP contribution in [0.1, 0.15) is 47.8 Å². The van der Waals surface area contributed by atoms with E-state index in [0.29, 0.717) is 6.61 Å². The monoisotopic (exact) mass is 384 g/mol. The van der Waals surface area contributed by atoms with Gasteiger partial charge in [-0.3, -0.25) is 14.3 Å². The van der Waals surface area contributed by atoms with Gasteiger partial charge in [0, 0.05) is 22.3 Å². The minimum atomic E-state index is -2.75. The summed E-state index contributed by atoms with van der Waals surface area (Å²) in [7, 11) is -2.75. The van der Waals surface area contributed by atoms with E-state index in [-0.39, 0.29) is 10.1 Å². The third-order valence-corrected chi connectivity index (χ3v) is 10.3. The van der Waals surface area contributed by atoms with Gasteiger partial charge < -0.3 is 18.7 Å². The molecule has 26 heavy (non-hydrogen) atoms. The van der Waals surface area contributed by atoms with E-state index >= 15 is 0 Å². The Morgan fingerprint density at radius 2 is 1.81 bits per heavy atom. The molecule has 2 aliphatic rings. The number of fused-ring (bicyclic) bond motifs is 1. The Labute approximate surface area is 153 Å². The van der Waals surface area contributed by atoms with E-state index in [2.05, 4.69) is 46.5 Å². The molecule has 0 radical (unpaired) electrons. The molecule has 3 rings (SSSR count). The number of ether oxygens (including phenoxy) is 1. The number of aliphatic hydroxyl groups excluding tert-OH is 1. The van der Waals surface area contributed by atoms with Gasteiger partial charge in [-0.15, -0.1) is 0 Å². The van der Waals surface area contributed by atoms with E-state index in [1.807, 2.05) is 0 Å². The van der Waals surface area contributed by atoms with Gasteiger partial charge in [0.1, 0.15) is 18.3 Å². The van der Waals surface area contributed by atoms with Crippen LogP contribution in [0, 0.1) is 0 Å². The number of nitrogens with zero attached hydrogens (tertiary/aromatic N) is 1. The molecule has 8 nitrogen and oxygen atoms in total. The number of hydrogen-bond acceptors (Lipinski definition) is 6. The van der Waals surface area contributed by atoms with Crippen LogP contribution in [0.4, 0.5) is 0 Å². The summed E-state index contributed by atoms with van der Waals surface area (Å²) in [6, 6.07) is 1.22. The van der Waals surface area contributed by atoms with Crippen molar-refractivity contribution in [3.8, 4) is 0 Å². The van der Waals surface area contributed by atoms with Crippen molar-refractivity contribution in [3.05, 3.63) is 33.1 Å². The highest BCUT2D eigenvalue weighted by Crippen LogP contribution is 2.55. The van der Waals surface area contributed by atoms with E-state index in [1.54, 1.807) is 0 Å². The summed E-state index contributed by atoms with van der Waals surface area (Å²) in [4.78, 5) is 25.5. The molecular formula is C17H28N2O6Si. The Morgan fingerprint density at radius 3 is 2.35 bits per heavy atom. The Balaban J connectivity index is 1.95. The molecule has 2 fully saturated rings. The second-order valence-electron chi connectivity index (χ2n) is 9.08. The summed E-state index contributed by atoms with van der Waals surface area (Å²) in [5.41, 5.74) is -1.13. The molecule has 1 aromatic rings. The van der Waals surface area contributed by atoms with Crippen molar-refractivity contribution < 1.29 is 18.7 Å². The summed E-state index contributed by atoms with van der Waals surface area (Å²) < 4.78 is 19.9. The molecule has 0 spiro atoms. The number of H-pyrrole nitrogens is 1. The lowest BCUT2D eigenvalue weighted by atomic mass is 10.1. The zero-order chi connectivity index (χ0) is 19.5. The highest BCUT2D eigenvalue weighted by atomic mass is 28.4. The Kier molecular flexibility index (Phi) is 4.60. The van der Waals surface area contributed by atoms with Gasteiger partial charge in [0.25, 0.3) is 5.56 Å². The van der Waals surface area contributed by atoms with Crippen molar-refractivity contribution in [1.29, 1.82) is 0 Å². The van der Waals surface area contributed by atoms with Gasteiger partial charge in [0.15, 0.2) is 6.23 Å². The average Bonchev–Trinajstić information content (AvgIpc) is 2.81. The fraction of sp³-hybridized carbons (Fsp3) is 0.765. The number of rotatable bonds is 1. The highest BCUT2D eigenvalue weighted by Gasteiger charge is 2.64. The fourth-order valence-electron chi connectivity index (χ4n) is 4.19. The summed E-state index contributed by atoms with van der Waals surface area (Å²) in [5.74, 6) is 0. The number of hydrogen-bond donors (Lipinski definition) is 2. The first kappa shape index (κ1) is 19.5. The smallest absolute Gasteiger partial charge is 0.349 e. The third-order valence-electron chi connectivity index (χ3n) is 5.16. The molecule has 0 amide bonds. The van der Waals surface area contributed by atoms with Crippen LogP contribution in [0.2, 0.25) is 10.1 Å². The molecule has 2 N–H and O–H groups in total. The molecule has 0 aromatic carbocycles. The minimum absolute atomic E-state index is 0.219. The number of nitrogens with one attached hydrogen (secondary N) is 1. The maximum absolute atomic E-state index is 12.1. The molecular weight excluding hydrogens is 356 g/mol. The van der Waals surface area contributed by atoms with E-state index < -0.39 is 44.3 Å². The SMILES string of the molecule is CC(C)(C)[Si]1(C(C)(C)C)OCC2OC(n3ccc(=O)[nH]c3=O)C(O)C2O1. The second-order valence-corrected chi connectivity index (χ2v) is 13.8. The van der Waals surface area contributed by atoms with Crippen LogP contribution in [0.25, 0.3) is 0 Å². The summed E-state index contributed by atoms with van der Waals surface area (Å²) in [6.07, 6.45) is -1.70.